The first-order valence-electron chi connectivity index (χ1n) is 7.68. The first kappa shape index (κ1) is 18.9. The Balaban J connectivity index is 2.67. The van der Waals surface area contributed by atoms with Crippen molar-refractivity contribution >= 4 is 37.4 Å². The van der Waals surface area contributed by atoms with Gasteiger partial charge in [-0.25, -0.2) is 17.9 Å². The average molecular weight is 370 g/mol. The van der Waals surface area contributed by atoms with Crippen LogP contribution in [0.25, 0.3) is 10.1 Å². The van der Waals surface area contributed by atoms with Crippen molar-refractivity contribution in [3.8, 4) is 0 Å². The molecule has 0 aliphatic rings. The van der Waals surface area contributed by atoms with Gasteiger partial charge in [0.05, 0.1) is 7.11 Å². The lowest BCUT2D eigenvalue weighted by molar-refractivity contribution is 0.0602. The first-order valence-corrected chi connectivity index (χ1v) is 9.98. The summed E-state index contributed by atoms with van der Waals surface area (Å²) >= 11 is 1.11. The molecule has 0 aliphatic carbocycles. The molecular weight excluding hydrogens is 348 g/mol. The Hall–Kier alpha value is -1.48. The van der Waals surface area contributed by atoms with Crippen molar-refractivity contribution in [2.45, 2.75) is 37.1 Å². The molecule has 0 unspecified atom stereocenters. The van der Waals surface area contributed by atoms with Crippen LogP contribution in [0.4, 0.5) is 0 Å². The van der Waals surface area contributed by atoms with Crippen molar-refractivity contribution in [1.82, 2.24) is 4.72 Å². The smallest absolute Gasteiger partial charge is 0.349 e. The number of nitrogens with one attached hydrogen (secondary N) is 1. The van der Waals surface area contributed by atoms with Gasteiger partial charge in [0.25, 0.3) is 0 Å². The number of thiophene rings is 1. The van der Waals surface area contributed by atoms with E-state index in [2.05, 4.69) is 4.72 Å². The van der Waals surface area contributed by atoms with Crippen LogP contribution in [-0.4, -0.2) is 33.6 Å². The minimum Gasteiger partial charge on any atom is -0.465 e. The summed E-state index contributed by atoms with van der Waals surface area (Å²) in [5, 5.41) is 0.508. The van der Waals surface area contributed by atoms with Gasteiger partial charge in [0.15, 0.2) is 0 Å². The Bertz CT molecular complexity index is 831. The van der Waals surface area contributed by atoms with E-state index in [1.165, 1.54) is 7.11 Å². The fraction of sp³-hybridized carbons (Fsp3) is 0.438. The molecule has 1 aromatic heterocycles. The summed E-state index contributed by atoms with van der Waals surface area (Å²) in [5.41, 5.74) is 5.07. The van der Waals surface area contributed by atoms with Crippen molar-refractivity contribution in [2.75, 3.05) is 13.7 Å². The number of fused-ring (bicyclic) bond motifs is 1. The number of rotatable bonds is 7. The first-order chi connectivity index (χ1) is 11.3. The van der Waals surface area contributed by atoms with Gasteiger partial charge >= 0.3 is 5.97 Å². The molecule has 1 heterocycles. The van der Waals surface area contributed by atoms with Crippen LogP contribution in [0.2, 0.25) is 0 Å². The summed E-state index contributed by atoms with van der Waals surface area (Å²) in [6.45, 7) is 3.94. The number of benzene rings is 1. The van der Waals surface area contributed by atoms with Crippen molar-refractivity contribution in [2.24, 2.45) is 5.73 Å². The van der Waals surface area contributed by atoms with Gasteiger partial charge in [-0.3, -0.25) is 0 Å². The van der Waals surface area contributed by atoms with Crippen molar-refractivity contribution in [3.63, 3.8) is 0 Å². The van der Waals surface area contributed by atoms with Crippen LogP contribution in [0.1, 0.15) is 36.4 Å². The van der Waals surface area contributed by atoms with Gasteiger partial charge in [0, 0.05) is 22.2 Å². The molecule has 0 amide bonds. The SMILES string of the molecule is CCC(CC)(CN)NS(=O)(=O)c1c(C(=O)OC)sc2ccccc12. The zero-order chi connectivity index (χ0) is 18.0. The Kier molecular flexibility index (Phi) is 5.64. The second-order valence-corrected chi connectivity index (χ2v) is 8.22. The molecule has 132 valence electrons. The fourth-order valence-electron chi connectivity index (χ4n) is 2.58. The minimum atomic E-state index is -3.94. The molecule has 6 nitrogen and oxygen atoms in total. The highest BCUT2D eigenvalue weighted by Gasteiger charge is 2.35. The topological polar surface area (TPSA) is 98.5 Å². The molecule has 0 spiro atoms. The number of hydrogen-bond donors (Lipinski definition) is 2. The summed E-state index contributed by atoms with van der Waals surface area (Å²) in [5.74, 6) is -0.664. The third kappa shape index (κ3) is 3.32. The van der Waals surface area contributed by atoms with Crippen molar-refractivity contribution < 1.29 is 17.9 Å². The maximum absolute atomic E-state index is 13.1. The van der Waals surface area contributed by atoms with E-state index in [4.69, 9.17) is 10.5 Å². The molecule has 8 heteroatoms. The molecule has 2 rings (SSSR count). The molecular formula is C16H22N2O4S2. The lowest BCUT2D eigenvalue weighted by atomic mass is 9.95. The normalized spacial score (nSPS) is 12.5. The molecule has 0 bridgehead atoms. The highest BCUT2D eigenvalue weighted by molar-refractivity contribution is 7.90. The maximum Gasteiger partial charge on any atom is 0.349 e. The van der Waals surface area contributed by atoms with Gasteiger partial charge in [-0.05, 0) is 18.9 Å². The predicted molar refractivity (Wildman–Crippen MR) is 95.9 cm³/mol. The number of sulfonamides is 1. The number of carbonyl (C=O) groups excluding carboxylic acids is 1. The van der Waals surface area contributed by atoms with Crippen LogP contribution in [-0.2, 0) is 14.8 Å². The standard InChI is InChI=1S/C16H22N2O4S2/c1-4-16(5-2,10-17)18-24(20,21)14-11-8-6-7-9-12(11)23-13(14)15(19)22-3/h6-9,18H,4-5,10,17H2,1-3H3. The maximum atomic E-state index is 13.1. The van der Waals surface area contributed by atoms with Crippen molar-refractivity contribution in [1.29, 1.82) is 0 Å². The number of ether oxygens (including phenoxy) is 1. The molecule has 0 fully saturated rings. The molecule has 0 saturated carbocycles. The highest BCUT2D eigenvalue weighted by atomic mass is 32.2. The number of methoxy groups -OCH3 is 1. The Morgan fingerprint density at radius 3 is 2.46 bits per heavy atom. The van der Waals surface area contributed by atoms with Gasteiger partial charge in [0.2, 0.25) is 10.0 Å². The quantitative estimate of drug-likeness (QED) is 0.730. The summed E-state index contributed by atoms with van der Waals surface area (Å²) in [6.07, 6.45) is 1.10. The van der Waals surface area contributed by atoms with E-state index in [1.54, 1.807) is 24.3 Å². The van der Waals surface area contributed by atoms with E-state index in [9.17, 15) is 13.2 Å². The average Bonchev–Trinajstić information content (AvgIpc) is 2.99. The largest absolute Gasteiger partial charge is 0.465 e. The molecule has 24 heavy (non-hydrogen) atoms. The molecule has 1 aromatic carbocycles. The van der Waals surface area contributed by atoms with E-state index in [1.807, 2.05) is 13.8 Å². The molecule has 0 saturated heterocycles. The Labute approximate surface area is 146 Å². The van der Waals surface area contributed by atoms with Gasteiger partial charge in [-0.1, -0.05) is 32.0 Å². The molecule has 3 N–H and O–H groups in total. The second-order valence-electron chi connectivity index (χ2n) is 5.55. The summed E-state index contributed by atoms with van der Waals surface area (Å²) in [6, 6.07) is 7.01. The monoisotopic (exact) mass is 370 g/mol. The van der Waals surface area contributed by atoms with Crippen LogP contribution >= 0.6 is 11.3 Å². The second kappa shape index (κ2) is 7.18. The van der Waals surface area contributed by atoms with Crippen LogP contribution in [0.5, 0.6) is 0 Å². The third-order valence-electron chi connectivity index (χ3n) is 4.28. The zero-order valence-corrected chi connectivity index (χ0v) is 15.6. The Morgan fingerprint density at radius 2 is 1.92 bits per heavy atom. The highest BCUT2D eigenvalue weighted by Crippen LogP contribution is 2.36. The van der Waals surface area contributed by atoms with Crippen LogP contribution in [0.3, 0.4) is 0 Å². The fourth-order valence-corrected chi connectivity index (χ4v) is 5.95. The summed E-state index contributed by atoms with van der Waals surface area (Å²) < 4.78 is 34.3. The molecule has 0 atom stereocenters. The molecule has 2 aromatic rings. The lowest BCUT2D eigenvalue weighted by Crippen LogP contribution is -2.52. The van der Waals surface area contributed by atoms with Gasteiger partial charge < -0.3 is 10.5 Å². The van der Waals surface area contributed by atoms with Gasteiger partial charge in [-0.15, -0.1) is 11.3 Å². The number of esters is 1. The molecule has 0 radical (unpaired) electrons. The number of hydrogen-bond acceptors (Lipinski definition) is 6. The zero-order valence-electron chi connectivity index (χ0n) is 14.0. The van der Waals surface area contributed by atoms with Gasteiger partial charge in [-0.2, -0.15) is 0 Å². The van der Waals surface area contributed by atoms with Crippen LogP contribution in [0.15, 0.2) is 29.2 Å². The lowest BCUT2D eigenvalue weighted by Gasteiger charge is -2.31. The van der Waals surface area contributed by atoms with E-state index in [0.717, 1.165) is 11.3 Å². The van der Waals surface area contributed by atoms with E-state index < -0.39 is 21.5 Å². The van der Waals surface area contributed by atoms with Crippen LogP contribution < -0.4 is 10.5 Å². The van der Waals surface area contributed by atoms with Crippen LogP contribution in [0, 0.1) is 0 Å². The predicted octanol–water partition coefficient (Wildman–Crippen LogP) is 2.48. The van der Waals surface area contributed by atoms with Crippen molar-refractivity contribution in [3.05, 3.63) is 29.1 Å². The summed E-state index contributed by atoms with van der Waals surface area (Å²) in [7, 11) is -2.71. The van der Waals surface area contributed by atoms with Gasteiger partial charge in [0.1, 0.15) is 9.77 Å². The minimum absolute atomic E-state index is 0.0327. The number of nitrogens with two attached hydrogens (primary N) is 1. The van der Waals surface area contributed by atoms with E-state index in [-0.39, 0.29) is 16.3 Å². The molecule has 0 aliphatic heterocycles. The van der Waals surface area contributed by atoms with E-state index in [0.29, 0.717) is 22.9 Å². The summed E-state index contributed by atoms with van der Waals surface area (Å²) in [4.78, 5) is 12.1. The third-order valence-corrected chi connectivity index (χ3v) is 7.23. The Morgan fingerprint density at radius 1 is 1.29 bits per heavy atom. The van der Waals surface area contributed by atoms with E-state index >= 15 is 0 Å². The number of carbonyl (C=O) groups is 1.